The molecule has 0 radical (unpaired) electrons. The Kier molecular flexibility index (Phi) is 6.11. The zero-order valence-electron chi connectivity index (χ0n) is 11.5. The predicted molar refractivity (Wildman–Crippen MR) is 81.0 cm³/mol. The second-order valence-corrected chi connectivity index (χ2v) is 5.20. The molecule has 5 nitrogen and oxygen atoms in total. The molecule has 1 fully saturated rings. The van der Waals surface area contributed by atoms with Crippen molar-refractivity contribution in [2.45, 2.75) is 6.54 Å². The van der Waals surface area contributed by atoms with Crippen molar-refractivity contribution in [2.75, 3.05) is 39.3 Å². The van der Waals surface area contributed by atoms with E-state index in [4.69, 9.17) is 11.6 Å². The molecule has 1 saturated heterocycles. The fraction of sp³-hybridized carbons (Fsp3) is 0.500. The second kappa shape index (κ2) is 8.09. The molecular weight excluding hydrogens is 276 g/mol. The number of amides is 2. The van der Waals surface area contributed by atoms with Gasteiger partial charge >= 0.3 is 6.03 Å². The third-order valence-corrected chi connectivity index (χ3v) is 3.69. The number of carbonyl (C=O) groups is 1. The lowest BCUT2D eigenvalue weighted by Crippen LogP contribution is -2.47. The monoisotopic (exact) mass is 296 g/mol. The van der Waals surface area contributed by atoms with Gasteiger partial charge in [-0.25, -0.2) is 4.79 Å². The van der Waals surface area contributed by atoms with Gasteiger partial charge in [-0.1, -0.05) is 29.8 Å². The van der Waals surface area contributed by atoms with Gasteiger partial charge in [-0.15, -0.1) is 0 Å². The molecule has 0 spiro atoms. The lowest BCUT2D eigenvalue weighted by Gasteiger charge is -2.27. The van der Waals surface area contributed by atoms with Gasteiger partial charge in [0, 0.05) is 50.8 Å². The van der Waals surface area contributed by atoms with Crippen molar-refractivity contribution in [2.24, 2.45) is 0 Å². The lowest BCUT2D eigenvalue weighted by molar-refractivity contribution is 0.226. The minimum absolute atomic E-state index is 0.153. The first-order valence-corrected chi connectivity index (χ1v) is 7.31. The molecule has 20 heavy (non-hydrogen) atoms. The summed E-state index contributed by atoms with van der Waals surface area (Å²) < 4.78 is 0. The predicted octanol–water partition coefficient (Wildman–Crippen LogP) is 1.04. The fourth-order valence-corrected chi connectivity index (χ4v) is 2.34. The van der Waals surface area contributed by atoms with E-state index in [0.717, 1.165) is 38.3 Å². The van der Waals surface area contributed by atoms with E-state index in [1.807, 2.05) is 24.3 Å². The highest BCUT2D eigenvalue weighted by molar-refractivity contribution is 6.31. The highest BCUT2D eigenvalue weighted by Crippen LogP contribution is 2.13. The van der Waals surface area contributed by atoms with Crippen LogP contribution in [0.2, 0.25) is 5.02 Å². The maximum atomic E-state index is 11.7. The van der Waals surface area contributed by atoms with E-state index in [2.05, 4.69) is 20.9 Å². The minimum Gasteiger partial charge on any atom is -0.337 e. The molecule has 3 N–H and O–H groups in total. The summed E-state index contributed by atoms with van der Waals surface area (Å²) >= 11 is 6.03. The number of urea groups is 1. The SMILES string of the molecule is O=C(NCCN1CCNCC1)NCc1ccccc1Cl. The topological polar surface area (TPSA) is 56.4 Å². The van der Waals surface area contributed by atoms with Crippen LogP contribution in [0, 0.1) is 0 Å². The van der Waals surface area contributed by atoms with Gasteiger partial charge in [-0.05, 0) is 11.6 Å². The average Bonchev–Trinajstić information content (AvgIpc) is 2.47. The van der Waals surface area contributed by atoms with E-state index in [1.54, 1.807) is 0 Å². The van der Waals surface area contributed by atoms with Crippen LogP contribution in [0.4, 0.5) is 4.79 Å². The van der Waals surface area contributed by atoms with Crippen LogP contribution in [-0.2, 0) is 6.54 Å². The molecule has 1 aliphatic heterocycles. The molecule has 2 rings (SSSR count). The molecule has 1 aromatic rings. The van der Waals surface area contributed by atoms with Crippen molar-refractivity contribution in [3.8, 4) is 0 Å². The maximum absolute atomic E-state index is 11.7. The Labute approximate surface area is 124 Å². The van der Waals surface area contributed by atoms with Crippen molar-refractivity contribution in [1.82, 2.24) is 20.9 Å². The summed E-state index contributed by atoms with van der Waals surface area (Å²) in [5.41, 5.74) is 0.923. The first kappa shape index (κ1) is 15.1. The maximum Gasteiger partial charge on any atom is 0.315 e. The molecule has 0 aliphatic carbocycles. The quantitative estimate of drug-likeness (QED) is 0.761. The summed E-state index contributed by atoms with van der Waals surface area (Å²) in [5, 5.41) is 9.66. The summed E-state index contributed by atoms with van der Waals surface area (Å²) in [7, 11) is 0. The van der Waals surface area contributed by atoms with Crippen LogP contribution < -0.4 is 16.0 Å². The second-order valence-electron chi connectivity index (χ2n) is 4.79. The number of hydrogen-bond donors (Lipinski definition) is 3. The smallest absolute Gasteiger partial charge is 0.315 e. The molecular formula is C14H21ClN4O. The van der Waals surface area contributed by atoms with Crippen LogP contribution in [-0.4, -0.2) is 50.2 Å². The van der Waals surface area contributed by atoms with E-state index in [9.17, 15) is 4.79 Å². The van der Waals surface area contributed by atoms with Gasteiger partial charge in [0.15, 0.2) is 0 Å². The number of piperazine rings is 1. The Balaban J connectivity index is 1.62. The number of carbonyl (C=O) groups excluding carboxylic acids is 1. The van der Waals surface area contributed by atoms with Gasteiger partial charge in [0.25, 0.3) is 0 Å². The Bertz CT molecular complexity index is 435. The fourth-order valence-electron chi connectivity index (χ4n) is 2.14. The van der Waals surface area contributed by atoms with Gasteiger partial charge in [0.1, 0.15) is 0 Å². The number of hydrogen-bond acceptors (Lipinski definition) is 3. The zero-order chi connectivity index (χ0) is 14.2. The highest BCUT2D eigenvalue weighted by Gasteiger charge is 2.09. The van der Waals surface area contributed by atoms with Crippen LogP contribution in [0.1, 0.15) is 5.56 Å². The number of nitrogens with one attached hydrogen (secondary N) is 3. The van der Waals surface area contributed by atoms with Crippen molar-refractivity contribution < 1.29 is 4.79 Å². The summed E-state index contributed by atoms with van der Waals surface area (Å²) in [4.78, 5) is 14.0. The summed E-state index contributed by atoms with van der Waals surface area (Å²) in [5.74, 6) is 0. The molecule has 6 heteroatoms. The van der Waals surface area contributed by atoms with Crippen molar-refractivity contribution >= 4 is 17.6 Å². The Morgan fingerprint density at radius 2 is 2.00 bits per heavy atom. The van der Waals surface area contributed by atoms with Crippen LogP contribution in [0.5, 0.6) is 0 Å². The van der Waals surface area contributed by atoms with Crippen molar-refractivity contribution in [3.05, 3.63) is 34.9 Å². The van der Waals surface area contributed by atoms with Crippen LogP contribution in [0.3, 0.4) is 0 Å². The summed E-state index contributed by atoms with van der Waals surface area (Å²) in [6, 6.07) is 7.36. The molecule has 2 amide bonds. The van der Waals surface area contributed by atoms with Crippen LogP contribution >= 0.6 is 11.6 Å². The summed E-state index contributed by atoms with van der Waals surface area (Å²) in [6.07, 6.45) is 0. The van der Waals surface area contributed by atoms with E-state index in [1.165, 1.54) is 0 Å². The standard InChI is InChI=1S/C14H21ClN4O/c15-13-4-2-1-3-12(13)11-18-14(20)17-7-10-19-8-5-16-6-9-19/h1-4,16H,5-11H2,(H2,17,18,20). The van der Waals surface area contributed by atoms with Crippen LogP contribution in [0.15, 0.2) is 24.3 Å². The molecule has 0 aromatic heterocycles. The summed E-state index contributed by atoms with van der Waals surface area (Å²) in [6.45, 7) is 6.14. The average molecular weight is 297 g/mol. The molecule has 0 unspecified atom stereocenters. The molecule has 0 atom stereocenters. The third-order valence-electron chi connectivity index (χ3n) is 3.32. The molecule has 0 saturated carbocycles. The van der Waals surface area contributed by atoms with Crippen molar-refractivity contribution in [1.29, 1.82) is 0 Å². The largest absolute Gasteiger partial charge is 0.337 e. The lowest BCUT2D eigenvalue weighted by atomic mass is 10.2. The van der Waals surface area contributed by atoms with E-state index in [-0.39, 0.29) is 6.03 Å². The molecule has 1 aromatic carbocycles. The first-order chi connectivity index (χ1) is 9.75. The molecule has 110 valence electrons. The number of nitrogens with zero attached hydrogens (tertiary/aromatic N) is 1. The van der Waals surface area contributed by atoms with E-state index in [0.29, 0.717) is 18.1 Å². The molecule has 1 aliphatic rings. The van der Waals surface area contributed by atoms with Gasteiger partial charge in [-0.2, -0.15) is 0 Å². The van der Waals surface area contributed by atoms with E-state index >= 15 is 0 Å². The van der Waals surface area contributed by atoms with E-state index < -0.39 is 0 Å². The Morgan fingerprint density at radius 1 is 1.25 bits per heavy atom. The first-order valence-electron chi connectivity index (χ1n) is 6.94. The van der Waals surface area contributed by atoms with Gasteiger partial charge in [0.2, 0.25) is 0 Å². The third kappa shape index (κ3) is 5.00. The number of halogens is 1. The van der Waals surface area contributed by atoms with Crippen molar-refractivity contribution in [3.63, 3.8) is 0 Å². The Morgan fingerprint density at radius 3 is 2.75 bits per heavy atom. The van der Waals surface area contributed by atoms with Gasteiger partial charge in [0.05, 0.1) is 0 Å². The zero-order valence-corrected chi connectivity index (χ0v) is 12.2. The molecule has 0 bridgehead atoms. The minimum atomic E-state index is -0.153. The number of benzene rings is 1. The van der Waals surface area contributed by atoms with Gasteiger partial charge in [-0.3, -0.25) is 4.90 Å². The van der Waals surface area contributed by atoms with Crippen LogP contribution in [0.25, 0.3) is 0 Å². The number of rotatable bonds is 5. The van der Waals surface area contributed by atoms with Gasteiger partial charge < -0.3 is 16.0 Å². The highest BCUT2D eigenvalue weighted by atomic mass is 35.5. The molecule has 1 heterocycles. The normalized spacial score (nSPS) is 15.8. The Hall–Kier alpha value is -1.30.